The molecule has 4 nitrogen and oxygen atoms in total. The topological polar surface area (TPSA) is 55.8 Å². The van der Waals surface area contributed by atoms with Crippen molar-refractivity contribution in [2.45, 2.75) is 51.4 Å². The van der Waals surface area contributed by atoms with Crippen LogP contribution in [0.2, 0.25) is 18.1 Å². The van der Waals surface area contributed by atoms with E-state index in [1.54, 1.807) is 0 Å². The van der Waals surface area contributed by atoms with Crippen molar-refractivity contribution in [2.75, 3.05) is 13.7 Å². The number of ether oxygens (including phenoxy) is 1. The molecule has 0 fully saturated rings. The molecular weight excluding hydrogens is 308 g/mol. The molecule has 2 atom stereocenters. The molecule has 1 aromatic rings. The Balaban J connectivity index is 2.75. The number of aliphatic hydroxyl groups excluding tert-OH is 1. The van der Waals surface area contributed by atoms with Crippen molar-refractivity contribution in [1.82, 2.24) is 0 Å². The van der Waals surface area contributed by atoms with E-state index >= 15 is 0 Å². The van der Waals surface area contributed by atoms with Gasteiger partial charge in [-0.1, -0.05) is 51.1 Å². The zero-order chi connectivity index (χ0) is 17.7. The lowest BCUT2D eigenvalue weighted by molar-refractivity contribution is -0.150. The van der Waals surface area contributed by atoms with Gasteiger partial charge in [-0.3, -0.25) is 4.79 Å². The largest absolute Gasteiger partial charge is 0.469 e. The van der Waals surface area contributed by atoms with E-state index in [-0.39, 0.29) is 5.04 Å². The van der Waals surface area contributed by atoms with Crippen LogP contribution in [0.3, 0.4) is 0 Å². The molecule has 1 rings (SSSR count). The number of carbonyl (C=O) groups is 1. The van der Waals surface area contributed by atoms with Gasteiger partial charge in [0.25, 0.3) is 0 Å². The third-order valence-electron chi connectivity index (χ3n) is 4.72. The fourth-order valence-electron chi connectivity index (χ4n) is 2.10. The molecule has 0 saturated carbocycles. The van der Waals surface area contributed by atoms with Crippen molar-refractivity contribution in [3.63, 3.8) is 0 Å². The highest BCUT2D eigenvalue weighted by Gasteiger charge is 2.38. The second kappa shape index (κ2) is 8.08. The lowest BCUT2D eigenvalue weighted by Gasteiger charge is -2.36. The van der Waals surface area contributed by atoms with Crippen LogP contribution in [0, 0.1) is 5.92 Å². The summed E-state index contributed by atoms with van der Waals surface area (Å²) in [5.74, 6) is -1.02. The van der Waals surface area contributed by atoms with Crippen LogP contribution in [0.15, 0.2) is 30.3 Å². The van der Waals surface area contributed by atoms with Crippen molar-refractivity contribution >= 4 is 14.3 Å². The number of rotatable bonds is 7. The molecule has 0 saturated heterocycles. The van der Waals surface area contributed by atoms with Gasteiger partial charge in [0.15, 0.2) is 8.32 Å². The molecule has 0 bridgehead atoms. The number of benzene rings is 1. The predicted molar refractivity (Wildman–Crippen MR) is 94.7 cm³/mol. The lowest BCUT2D eigenvalue weighted by Crippen LogP contribution is -2.41. The lowest BCUT2D eigenvalue weighted by atomic mass is 9.93. The molecular formula is C18H30O4Si. The van der Waals surface area contributed by atoms with Crippen LogP contribution in [0.25, 0.3) is 0 Å². The molecule has 0 aliphatic heterocycles. The maximum absolute atomic E-state index is 12.1. The van der Waals surface area contributed by atoms with Crippen LogP contribution in [0.4, 0.5) is 0 Å². The first-order chi connectivity index (χ1) is 10.6. The summed E-state index contributed by atoms with van der Waals surface area (Å²) in [5.41, 5.74) is 0.718. The zero-order valence-electron chi connectivity index (χ0n) is 15.1. The average molecular weight is 339 g/mol. The van der Waals surface area contributed by atoms with Crippen LogP contribution < -0.4 is 0 Å². The maximum Gasteiger partial charge on any atom is 0.311 e. The van der Waals surface area contributed by atoms with Crippen molar-refractivity contribution in [3.05, 3.63) is 35.9 Å². The fourth-order valence-corrected chi connectivity index (χ4v) is 3.16. The third-order valence-corrected chi connectivity index (χ3v) is 9.26. The van der Waals surface area contributed by atoms with Gasteiger partial charge in [-0.05, 0) is 30.1 Å². The van der Waals surface area contributed by atoms with E-state index in [9.17, 15) is 9.90 Å². The molecule has 130 valence electrons. The highest BCUT2D eigenvalue weighted by Crippen LogP contribution is 2.37. The van der Waals surface area contributed by atoms with Gasteiger partial charge in [0.05, 0.1) is 19.1 Å². The Bertz CT molecular complexity index is 493. The van der Waals surface area contributed by atoms with Crippen molar-refractivity contribution in [1.29, 1.82) is 0 Å². The van der Waals surface area contributed by atoms with Gasteiger partial charge < -0.3 is 14.3 Å². The number of carbonyl (C=O) groups excluding carboxylic acids is 1. The summed E-state index contributed by atoms with van der Waals surface area (Å²) in [6.45, 7) is 11.3. The molecule has 0 amide bonds. The minimum atomic E-state index is -1.86. The Hall–Kier alpha value is -1.17. The predicted octanol–water partition coefficient (Wildman–Crippen LogP) is 3.92. The normalized spacial score (nSPS) is 15.1. The second-order valence-corrected chi connectivity index (χ2v) is 12.2. The smallest absolute Gasteiger partial charge is 0.311 e. The average Bonchev–Trinajstić information content (AvgIpc) is 2.50. The number of aliphatic hydroxyl groups is 1. The Morgan fingerprint density at radius 1 is 1.22 bits per heavy atom. The van der Waals surface area contributed by atoms with Crippen LogP contribution in [-0.4, -0.2) is 33.1 Å². The number of esters is 1. The first kappa shape index (κ1) is 19.9. The molecule has 0 unspecified atom stereocenters. The molecule has 23 heavy (non-hydrogen) atoms. The molecule has 0 heterocycles. The van der Waals surface area contributed by atoms with Crippen molar-refractivity contribution in [3.8, 4) is 0 Å². The van der Waals surface area contributed by atoms with Crippen LogP contribution >= 0.6 is 0 Å². The van der Waals surface area contributed by atoms with Gasteiger partial charge in [-0.25, -0.2) is 0 Å². The van der Waals surface area contributed by atoms with E-state index in [0.717, 1.165) is 5.56 Å². The van der Waals surface area contributed by atoms with E-state index in [1.165, 1.54) is 7.11 Å². The highest BCUT2D eigenvalue weighted by molar-refractivity contribution is 6.74. The summed E-state index contributed by atoms with van der Waals surface area (Å²) in [7, 11) is -0.516. The fraction of sp³-hybridized carbons (Fsp3) is 0.611. The molecule has 0 aliphatic rings. The monoisotopic (exact) mass is 338 g/mol. The standard InChI is InChI=1S/C18H30O4Si/c1-18(2,3)23(5,6)22-13-12-15(17(20)21-4)16(19)14-10-8-7-9-11-14/h7-11,15-16,19H,12-13H2,1-6H3/t15-,16+/m0/s1. The van der Waals surface area contributed by atoms with E-state index < -0.39 is 26.3 Å². The maximum atomic E-state index is 12.1. The molecule has 1 aromatic carbocycles. The number of hydrogen-bond acceptors (Lipinski definition) is 4. The molecule has 0 aliphatic carbocycles. The molecule has 0 radical (unpaired) electrons. The molecule has 0 spiro atoms. The minimum Gasteiger partial charge on any atom is -0.469 e. The van der Waals surface area contributed by atoms with Gasteiger partial charge >= 0.3 is 5.97 Å². The first-order valence-corrected chi connectivity index (χ1v) is 11.0. The van der Waals surface area contributed by atoms with Gasteiger partial charge in [-0.2, -0.15) is 0 Å². The molecule has 5 heteroatoms. The first-order valence-electron chi connectivity index (χ1n) is 8.05. The summed E-state index contributed by atoms with van der Waals surface area (Å²) in [5, 5.41) is 10.6. The second-order valence-electron chi connectivity index (χ2n) is 7.38. The van der Waals surface area contributed by atoms with Gasteiger partial charge in [0.2, 0.25) is 0 Å². The Kier molecular flexibility index (Phi) is 6.98. The summed E-state index contributed by atoms with van der Waals surface area (Å²) < 4.78 is 11.0. The SMILES string of the molecule is COC(=O)[C@@H](CCO[Si](C)(C)C(C)(C)C)[C@H](O)c1ccccc1. The van der Waals surface area contributed by atoms with Crippen LogP contribution in [0.1, 0.15) is 38.9 Å². The summed E-state index contributed by atoms with van der Waals surface area (Å²) in [4.78, 5) is 12.1. The Morgan fingerprint density at radius 2 is 1.78 bits per heavy atom. The third kappa shape index (κ3) is 5.44. The number of hydrogen-bond donors (Lipinski definition) is 1. The van der Waals surface area contributed by atoms with Gasteiger partial charge in [-0.15, -0.1) is 0 Å². The quantitative estimate of drug-likeness (QED) is 0.605. The van der Waals surface area contributed by atoms with Gasteiger partial charge in [0, 0.05) is 6.61 Å². The van der Waals surface area contributed by atoms with Crippen LogP contribution in [0.5, 0.6) is 0 Å². The summed E-state index contributed by atoms with van der Waals surface area (Å²) in [6.07, 6.45) is -0.443. The van der Waals surface area contributed by atoms with Crippen LogP contribution in [-0.2, 0) is 14.0 Å². The van der Waals surface area contributed by atoms with Crippen molar-refractivity contribution < 1.29 is 19.1 Å². The highest BCUT2D eigenvalue weighted by atomic mass is 28.4. The molecule has 0 aromatic heterocycles. The van der Waals surface area contributed by atoms with E-state index in [2.05, 4.69) is 33.9 Å². The Morgan fingerprint density at radius 3 is 2.26 bits per heavy atom. The Labute approximate surface area is 140 Å². The van der Waals surface area contributed by atoms with E-state index in [1.807, 2.05) is 30.3 Å². The number of methoxy groups -OCH3 is 1. The molecule has 1 N–H and O–H groups in total. The van der Waals surface area contributed by atoms with E-state index in [4.69, 9.17) is 9.16 Å². The zero-order valence-corrected chi connectivity index (χ0v) is 16.1. The minimum absolute atomic E-state index is 0.117. The summed E-state index contributed by atoms with van der Waals surface area (Å²) in [6, 6.07) is 9.20. The van der Waals surface area contributed by atoms with Crippen molar-refractivity contribution in [2.24, 2.45) is 5.92 Å². The summed E-state index contributed by atoms with van der Waals surface area (Å²) >= 11 is 0. The van der Waals surface area contributed by atoms with E-state index in [0.29, 0.717) is 13.0 Å². The van der Waals surface area contributed by atoms with Gasteiger partial charge in [0.1, 0.15) is 0 Å².